The quantitative estimate of drug-likeness (QED) is 0.0261. The number of rotatable bonds is 49. The average Bonchev–Trinajstić information content (AvgIpc) is 3.39. The molecule has 418 valence electrons. The van der Waals surface area contributed by atoms with Gasteiger partial charge in [-0.1, -0.05) is 245 Å². The van der Waals surface area contributed by atoms with Crippen molar-refractivity contribution in [3.63, 3.8) is 0 Å². The molecule has 1 fully saturated rings. The number of hydrogen-bond acceptors (Lipinski definition) is 8. The number of carbonyl (C=O) groups is 1. The zero-order chi connectivity index (χ0) is 52.9. The fourth-order valence-corrected chi connectivity index (χ4v) is 8.68. The third-order valence-corrected chi connectivity index (χ3v) is 13.3. The minimum atomic E-state index is -1.57. The first-order chi connectivity index (χ1) is 35.8. The summed E-state index contributed by atoms with van der Waals surface area (Å²) in [5, 5.41) is 54.3. The van der Waals surface area contributed by atoms with Gasteiger partial charge in [0.1, 0.15) is 24.4 Å². The summed E-state index contributed by atoms with van der Waals surface area (Å²) in [6, 6.07) is -0.825. The molecule has 0 spiro atoms. The predicted molar refractivity (Wildman–Crippen MR) is 308 cm³/mol. The summed E-state index contributed by atoms with van der Waals surface area (Å²) in [4.78, 5) is 13.0. The van der Waals surface area contributed by atoms with E-state index in [1.165, 1.54) is 128 Å². The van der Waals surface area contributed by atoms with Gasteiger partial charge in [-0.2, -0.15) is 0 Å². The molecule has 0 aliphatic carbocycles. The van der Waals surface area contributed by atoms with Crippen LogP contribution in [-0.4, -0.2) is 87.5 Å². The molecular weight excluding hydrogens is 911 g/mol. The molecule has 0 radical (unpaired) electrons. The Morgan fingerprint density at radius 1 is 0.479 bits per heavy atom. The maximum absolute atomic E-state index is 13.0. The number of unbranched alkanes of at least 4 members (excludes halogenated alkanes) is 23. The van der Waals surface area contributed by atoms with Crippen molar-refractivity contribution in [2.45, 2.75) is 275 Å². The summed E-state index contributed by atoms with van der Waals surface area (Å²) in [5.74, 6) is -0.191. The Morgan fingerprint density at radius 2 is 0.863 bits per heavy atom. The van der Waals surface area contributed by atoms with E-state index in [2.05, 4.69) is 116 Å². The van der Waals surface area contributed by atoms with E-state index >= 15 is 0 Å². The largest absolute Gasteiger partial charge is 0.394 e. The van der Waals surface area contributed by atoms with Crippen LogP contribution in [0.5, 0.6) is 0 Å². The standard InChI is InChI=1S/C64H109NO8/c1-3-5-7-9-11-13-15-16-17-18-19-20-21-22-23-24-25-26-27-28-29-30-31-32-33-34-35-36-37-38-39-40-41-42-44-46-48-50-52-54-60(68)65-57(56-72-64-63(71)62(70)61(69)59(55-66)73-64)58(67)53-51-49-47-45-43-14-12-10-8-6-4-2/h5,7,11,13,16-17,19-20,22-23,25-26,28-29,43,45,51,53,57-59,61-64,66-67,69-71H,3-4,6,8-10,12,14-15,18,21,24,27,30-42,44,46-50,52,54-56H2,1-2H3,(H,65,68)/b7-5-,13-11-,17-16-,20-19-,23-22-,26-25-,29-28-,45-43+,53-51+. The Morgan fingerprint density at radius 3 is 1.32 bits per heavy atom. The van der Waals surface area contributed by atoms with Crippen LogP contribution in [0.25, 0.3) is 0 Å². The van der Waals surface area contributed by atoms with E-state index in [-0.39, 0.29) is 12.5 Å². The fraction of sp³-hybridized carbons (Fsp3) is 0.703. The van der Waals surface area contributed by atoms with E-state index in [4.69, 9.17) is 9.47 Å². The monoisotopic (exact) mass is 1020 g/mol. The van der Waals surface area contributed by atoms with Crippen molar-refractivity contribution in [3.05, 3.63) is 109 Å². The Labute approximate surface area is 446 Å². The predicted octanol–water partition coefficient (Wildman–Crippen LogP) is 15.0. The Hall–Kier alpha value is -3.15. The van der Waals surface area contributed by atoms with E-state index < -0.39 is 49.5 Å². The highest BCUT2D eigenvalue weighted by molar-refractivity contribution is 5.76. The topological polar surface area (TPSA) is 149 Å². The highest BCUT2D eigenvalue weighted by atomic mass is 16.7. The van der Waals surface area contributed by atoms with Crippen LogP contribution < -0.4 is 5.32 Å². The van der Waals surface area contributed by atoms with Crippen molar-refractivity contribution in [2.24, 2.45) is 0 Å². The first-order valence-corrected chi connectivity index (χ1v) is 29.6. The lowest BCUT2D eigenvalue weighted by Gasteiger charge is -2.40. The second-order valence-electron chi connectivity index (χ2n) is 20.0. The van der Waals surface area contributed by atoms with Crippen LogP contribution in [0.1, 0.15) is 232 Å². The minimum Gasteiger partial charge on any atom is -0.394 e. The van der Waals surface area contributed by atoms with Crippen LogP contribution in [0.2, 0.25) is 0 Å². The molecule has 1 saturated heterocycles. The number of carbonyl (C=O) groups excluding carboxylic acids is 1. The van der Waals surface area contributed by atoms with Gasteiger partial charge in [-0.05, 0) is 89.9 Å². The van der Waals surface area contributed by atoms with Gasteiger partial charge in [0.25, 0.3) is 0 Å². The maximum Gasteiger partial charge on any atom is 0.220 e. The number of nitrogens with one attached hydrogen (secondary N) is 1. The van der Waals surface area contributed by atoms with Crippen molar-refractivity contribution >= 4 is 5.91 Å². The van der Waals surface area contributed by atoms with Crippen LogP contribution >= 0.6 is 0 Å². The molecule has 0 saturated carbocycles. The maximum atomic E-state index is 13.0. The molecule has 0 aromatic rings. The Bertz CT molecular complexity index is 1510. The molecule has 7 atom stereocenters. The molecule has 1 heterocycles. The van der Waals surface area contributed by atoms with Gasteiger partial charge in [-0.25, -0.2) is 0 Å². The first-order valence-electron chi connectivity index (χ1n) is 29.6. The van der Waals surface area contributed by atoms with Crippen molar-refractivity contribution in [1.82, 2.24) is 5.32 Å². The lowest BCUT2D eigenvalue weighted by atomic mass is 9.99. The molecule has 0 aromatic carbocycles. The highest BCUT2D eigenvalue weighted by Gasteiger charge is 2.44. The number of hydrogen-bond donors (Lipinski definition) is 6. The number of aliphatic hydroxyl groups excluding tert-OH is 5. The summed E-state index contributed by atoms with van der Waals surface area (Å²) >= 11 is 0. The number of ether oxygens (including phenoxy) is 2. The second kappa shape index (κ2) is 52.3. The lowest BCUT2D eigenvalue weighted by Crippen LogP contribution is -2.60. The number of amides is 1. The Balaban J connectivity index is 2.08. The molecule has 0 bridgehead atoms. The molecule has 9 heteroatoms. The van der Waals surface area contributed by atoms with Crippen molar-refractivity contribution < 1.29 is 39.8 Å². The van der Waals surface area contributed by atoms with Gasteiger partial charge in [-0.3, -0.25) is 4.79 Å². The van der Waals surface area contributed by atoms with Gasteiger partial charge in [0, 0.05) is 6.42 Å². The van der Waals surface area contributed by atoms with Crippen LogP contribution in [0.4, 0.5) is 0 Å². The van der Waals surface area contributed by atoms with Crippen molar-refractivity contribution in [2.75, 3.05) is 13.2 Å². The molecular formula is C64H109NO8. The van der Waals surface area contributed by atoms with Crippen molar-refractivity contribution in [3.8, 4) is 0 Å². The van der Waals surface area contributed by atoms with E-state index in [1.807, 2.05) is 6.08 Å². The molecule has 1 aliphatic heterocycles. The summed E-state index contributed by atoms with van der Waals surface area (Å²) < 4.78 is 11.2. The Kier molecular flexibility index (Phi) is 48.6. The summed E-state index contributed by atoms with van der Waals surface area (Å²) in [7, 11) is 0. The van der Waals surface area contributed by atoms with E-state index in [0.29, 0.717) is 6.42 Å². The first kappa shape index (κ1) is 67.9. The molecule has 1 aliphatic rings. The number of allylic oxidation sites excluding steroid dienone is 17. The van der Waals surface area contributed by atoms with Gasteiger partial charge >= 0.3 is 0 Å². The molecule has 1 rings (SSSR count). The molecule has 6 N–H and O–H groups in total. The molecule has 7 unspecified atom stereocenters. The molecule has 9 nitrogen and oxygen atoms in total. The molecule has 1 amide bonds. The van der Waals surface area contributed by atoms with Crippen LogP contribution in [0.15, 0.2) is 109 Å². The van der Waals surface area contributed by atoms with E-state index in [1.54, 1.807) is 6.08 Å². The van der Waals surface area contributed by atoms with Gasteiger partial charge in [0.15, 0.2) is 6.29 Å². The van der Waals surface area contributed by atoms with Gasteiger partial charge < -0.3 is 40.3 Å². The highest BCUT2D eigenvalue weighted by Crippen LogP contribution is 2.23. The summed E-state index contributed by atoms with van der Waals surface area (Å²) in [5.41, 5.74) is 0. The zero-order valence-corrected chi connectivity index (χ0v) is 46.4. The molecule has 73 heavy (non-hydrogen) atoms. The van der Waals surface area contributed by atoms with E-state index in [9.17, 15) is 30.3 Å². The third-order valence-electron chi connectivity index (χ3n) is 13.3. The molecule has 0 aromatic heterocycles. The van der Waals surface area contributed by atoms with Gasteiger partial charge in [0.05, 0.1) is 25.4 Å². The third kappa shape index (κ3) is 41.7. The zero-order valence-electron chi connectivity index (χ0n) is 46.4. The van der Waals surface area contributed by atoms with Crippen LogP contribution in [0, 0.1) is 0 Å². The van der Waals surface area contributed by atoms with Crippen LogP contribution in [0.3, 0.4) is 0 Å². The SMILES string of the molecule is CC/C=C\C/C=C\C/C=C\C/C=C\C/C=C\C/C=C\C/C=C\CCCCCCCCCCCCCCCCCCCC(=O)NC(COC1OC(CO)C(O)C(O)C1O)C(O)/C=C/CC/C=C/CCCCCCC. The van der Waals surface area contributed by atoms with Gasteiger partial charge in [0.2, 0.25) is 5.91 Å². The smallest absolute Gasteiger partial charge is 0.220 e. The average molecular weight is 1020 g/mol. The minimum absolute atomic E-state index is 0.191. The van der Waals surface area contributed by atoms with E-state index in [0.717, 1.165) is 83.5 Å². The second-order valence-corrected chi connectivity index (χ2v) is 20.0. The normalized spacial score (nSPS) is 19.9. The van der Waals surface area contributed by atoms with Crippen molar-refractivity contribution in [1.29, 1.82) is 0 Å². The van der Waals surface area contributed by atoms with Crippen LogP contribution in [-0.2, 0) is 14.3 Å². The lowest BCUT2D eigenvalue weighted by molar-refractivity contribution is -0.302. The fourth-order valence-electron chi connectivity index (χ4n) is 8.68. The van der Waals surface area contributed by atoms with Gasteiger partial charge in [-0.15, -0.1) is 0 Å². The summed E-state index contributed by atoms with van der Waals surface area (Å²) in [6.07, 6.45) is 70.4. The number of aliphatic hydroxyl groups is 5. The summed E-state index contributed by atoms with van der Waals surface area (Å²) in [6.45, 7) is 3.61.